The Labute approximate surface area is 89.7 Å². The lowest BCUT2D eigenvalue weighted by Gasteiger charge is -2.02. The highest BCUT2D eigenvalue weighted by Gasteiger charge is 1.91. The molecule has 3 heteroatoms. The summed E-state index contributed by atoms with van der Waals surface area (Å²) in [5, 5.41) is 3.31. The molecule has 0 amide bonds. The third kappa shape index (κ3) is 5.24. The van der Waals surface area contributed by atoms with Gasteiger partial charge in [0.25, 0.3) is 0 Å². The van der Waals surface area contributed by atoms with Crippen molar-refractivity contribution in [3.05, 3.63) is 30.3 Å². The van der Waals surface area contributed by atoms with Crippen LogP contribution in [-0.2, 0) is 0 Å². The average Bonchev–Trinajstić information content (AvgIpc) is 2.19. The highest BCUT2D eigenvalue weighted by atomic mass is 32.2. The summed E-state index contributed by atoms with van der Waals surface area (Å²) >= 11 is 6.01. The minimum atomic E-state index is 0.913. The third-order valence-electron chi connectivity index (χ3n) is 1.58. The van der Waals surface area contributed by atoms with Gasteiger partial charge in [0, 0.05) is 29.5 Å². The summed E-state index contributed by atoms with van der Waals surface area (Å²) in [6.45, 7) is 2.05. The van der Waals surface area contributed by atoms with E-state index >= 15 is 0 Å². The van der Waals surface area contributed by atoms with Gasteiger partial charge in [-0.3, -0.25) is 0 Å². The predicted molar refractivity (Wildman–Crippen MR) is 63.9 cm³/mol. The van der Waals surface area contributed by atoms with E-state index in [9.17, 15) is 0 Å². The first-order valence-electron chi connectivity index (χ1n) is 4.43. The number of hydrogen-bond acceptors (Lipinski definition) is 3. The van der Waals surface area contributed by atoms with E-state index in [1.807, 2.05) is 17.8 Å². The summed E-state index contributed by atoms with van der Waals surface area (Å²) < 4.78 is 0. The van der Waals surface area contributed by atoms with Crippen molar-refractivity contribution in [2.24, 2.45) is 0 Å². The summed E-state index contributed by atoms with van der Waals surface area (Å²) in [6, 6.07) is 10.5. The Hall–Kier alpha value is -0.120. The van der Waals surface area contributed by atoms with Gasteiger partial charge in [-0.05, 0) is 12.1 Å². The Morgan fingerprint density at radius 1 is 1.15 bits per heavy atom. The largest absolute Gasteiger partial charge is 0.315 e. The van der Waals surface area contributed by atoms with Gasteiger partial charge in [-0.1, -0.05) is 18.2 Å². The van der Waals surface area contributed by atoms with E-state index in [2.05, 4.69) is 42.2 Å². The lowest BCUT2D eigenvalue weighted by Crippen LogP contribution is -2.19. The molecule has 0 saturated heterocycles. The summed E-state index contributed by atoms with van der Waals surface area (Å²) in [5.74, 6) is 2.04. The topological polar surface area (TPSA) is 12.0 Å². The summed E-state index contributed by atoms with van der Waals surface area (Å²) in [4.78, 5) is 1.34. The first-order chi connectivity index (χ1) is 6.43. The van der Waals surface area contributed by atoms with Gasteiger partial charge in [0.05, 0.1) is 0 Å². The van der Waals surface area contributed by atoms with Crippen LogP contribution in [-0.4, -0.2) is 24.6 Å². The molecule has 0 atom stereocenters. The van der Waals surface area contributed by atoms with E-state index < -0.39 is 0 Å². The van der Waals surface area contributed by atoms with Crippen molar-refractivity contribution in [1.82, 2.24) is 5.32 Å². The lowest BCUT2D eigenvalue weighted by atomic mass is 10.4. The van der Waals surface area contributed by atoms with Gasteiger partial charge >= 0.3 is 0 Å². The molecule has 13 heavy (non-hydrogen) atoms. The van der Waals surface area contributed by atoms with Crippen LogP contribution >= 0.6 is 24.4 Å². The Kier molecular flexibility index (Phi) is 6.15. The Morgan fingerprint density at radius 3 is 2.62 bits per heavy atom. The van der Waals surface area contributed by atoms with Crippen molar-refractivity contribution in [1.29, 1.82) is 0 Å². The average molecular weight is 213 g/mol. The standard InChI is InChI=1S/C10H15NS2/c12-8-6-11-7-9-13-10-4-2-1-3-5-10/h1-5,11-12H,6-9H2. The Balaban J connectivity index is 2.07. The first-order valence-corrected chi connectivity index (χ1v) is 6.04. The van der Waals surface area contributed by atoms with Crippen LogP contribution in [0.25, 0.3) is 0 Å². The first kappa shape index (κ1) is 11.0. The normalized spacial score (nSPS) is 10.2. The molecule has 72 valence electrons. The van der Waals surface area contributed by atoms with E-state index in [4.69, 9.17) is 0 Å². The molecule has 1 rings (SSSR count). The van der Waals surface area contributed by atoms with Gasteiger partial charge in [0.1, 0.15) is 0 Å². The van der Waals surface area contributed by atoms with Crippen LogP contribution < -0.4 is 5.32 Å². The molecular formula is C10H15NS2. The van der Waals surface area contributed by atoms with Crippen LogP contribution in [0.15, 0.2) is 35.2 Å². The number of rotatable bonds is 6. The zero-order valence-electron chi connectivity index (χ0n) is 7.57. The van der Waals surface area contributed by atoms with Crippen LogP contribution in [0.1, 0.15) is 0 Å². The highest BCUT2D eigenvalue weighted by molar-refractivity contribution is 7.99. The quantitative estimate of drug-likeness (QED) is 0.427. The molecule has 0 saturated carbocycles. The highest BCUT2D eigenvalue weighted by Crippen LogP contribution is 2.15. The van der Waals surface area contributed by atoms with Gasteiger partial charge < -0.3 is 5.32 Å². The van der Waals surface area contributed by atoms with Gasteiger partial charge in [-0.2, -0.15) is 12.6 Å². The van der Waals surface area contributed by atoms with Crippen LogP contribution in [0.3, 0.4) is 0 Å². The van der Waals surface area contributed by atoms with E-state index in [0.717, 1.165) is 24.6 Å². The second-order valence-corrected chi connectivity index (χ2v) is 4.25. The number of thioether (sulfide) groups is 1. The SMILES string of the molecule is SCCNCCSc1ccccc1. The molecule has 0 unspecified atom stereocenters. The number of thiol groups is 1. The van der Waals surface area contributed by atoms with Crippen LogP contribution in [0.2, 0.25) is 0 Å². The molecule has 0 fully saturated rings. The van der Waals surface area contributed by atoms with Crippen molar-refractivity contribution in [3.8, 4) is 0 Å². The number of benzene rings is 1. The maximum absolute atomic E-state index is 4.12. The van der Waals surface area contributed by atoms with Crippen molar-refractivity contribution < 1.29 is 0 Å². The van der Waals surface area contributed by atoms with Crippen molar-refractivity contribution in [2.45, 2.75) is 4.90 Å². The molecule has 1 aromatic rings. The van der Waals surface area contributed by atoms with Gasteiger partial charge in [-0.25, -0.2) is 0 Å². The summed E-state index contributed by atoms with van der Waals surface area (Å²) in [5.41, 5.74) is 0. The van der Waals surface area contributed by atoms with Crippen molar-refractivity contribution in [3.63, 3.8) is 0 Å². The Bertz CT molecular complexity index is 213. The smallest absolute Gasteiger partial charge is 0.0106 e. The minimum absolute atomic E-state index is 0.913. The summed E-state index contributed by atoms with van der Waals surface area (Å²) in [7, 11) is 0. The van der Waals surface area contributed by atoms with Gasteiger partial charge in [0.15, 0.2) is 0 Å². The maximum atomic E-state index is 4.12. The molecule has 1 N–H and O–H groups in total. The number of nitrogens with one attached hydrogen (secondary N) is 1. The van der Waals surface area contributed by atoms with Gasteiger partial charge in [0.2, 0.25) is 0 Å². The van der Waals surface area contributed by atoms with E-state index in [1.165, 1.54) is 4.90 Å². The third-order valence-corrected chi connectivity index (χ3v) is 2.82. The van der Waals surface area contributed by atoms with Gasteiger partial charge in [-0.15, -0.1) is 11.8 Å². The molecular weight excluding hydrogens is 198 g/mol. The molecule has 0 bridgehead atoms. The molecule has 0 aliphatic heterocycles. The number of hydrogen-bond donors (Lipinski definition) is 2. The van der Waals surface area contributed by atoms with E-state index in [1.54, 1.807) is 0 Å². The molecule has 0 heterocycles. The molecule has 0 aromatic heterocycles. The van der Waals surface area contributed by atoms with E-state index in [-0.39, 0.29) is 0 Å². The second kappa shape index (κ2) is 7.30. The molecule has 1 aromatic carbocycles. The van der Waals surface area contributed by atoms with Crippen LogP contribution in [0, 0.1) is 0 Å². The zero-order chi connectivity index (χ0) is 9.36. The molecule has 0 radical (unpaired) electrons. The fourth-order valence-electron chi connectivity index (χ4n) is 0.962. The molecule has 0 aliphatic rings. The second-order valence-electron chi connectivity index (χ2n) is 2.64. The molecule has 0 aliphatic carbocycles. The van der Waals surface area contributed by atoms with E-state index in [0.29, 0.717) is 0 Å². The van der Waals surface area contributed by atoms with Crippen LogP contribution in [0.4, 0.5) is 0 Å². The monoisotopic (exact) mass is 213 g/mol. The van der Waals surface area contributed by atoms with Crippen molar-refractivity contribution >= 4 is 24.4 Å². The zero-order valence-corrected chi connectivity index (χ0v) is 9.28. The predicted octanol–water partition coefficient (Wildman–Crippen LogP) is 2.30. The lowest BCUT2D eigenvalue weighted by molar-refractivity contribution is 0.775. The summed E-state index contributed by atoms with van der Waals surface area (Å²) in [6.07, 6.45) is 0. The molecule has 1 nitrogen and oxygen atoms in total. The fraction of sp³-hybridized carbons (Fsp3) is 0.400. The van der Waals surface area contributed by atoms with Crippen molar-refractivity contribution in [2.75, 3.05) is 24.6 Å². The fourth-order valence-corrected chi connectivity index (χ4v) is 1.95. The minimum Gasteiger partial charge on any atom is -0.315 e. The Morgan fingerprint density at radius 2 is 1.92 bits per heavy atom. The van der Waals surface area contributed by atoms with Crippen LogP contribution in [0.5, 0.6) is 0 Å². The molecule has 0 spiro atoms. The maximum Gasteiger partial charge on any atom is 0.0106 e.